The molecule has 7 nitrogen and oxygen atoms in total. The molecule has 0 aliphatic carbocycles. The van der Waals surface area contributed by atoms with E-state index in [4.69, 9.17) is 0 Å². The lowest BCUT2D eigenvalue weighted by Crippen LogP contribution is -2.35. The summed E-state index contributed by atoms with van der Waals surface area (Å²) in [4.78, 5) is 24.1. The highest BCUT2D eigenvalue weighted by molar-refractivity contribution is 5.92. The van der Waals surface area contributed by atoms with Gasteiger partial charge in [-0.05, 0) is 24.7 Å². The number of aromatic nitrogens is 2. The van der Waals surface area contributed by atoms with Crippen molar-refractivity contribution in [2.24, 2.45) is 13.0 Å². The molecule has 0 saturated carbocycles. The van der Waals surface area contributed by atoms with Gasteiger partial charge in [0.2, 0.25) is 11.8 Å². The Hall–Kier alpha value is -2.67. The van der Waals surface area contributed by atoms with Crippen LogP contribution in [0.25, 0.3) is 0 Å². The molecular formula is C18H25N5O2. The van der Waals surface area contributed by atoms with Crippen molar-refractivity contribution in [3.63, 3.8) is 0 Å². The minimum Gasteiger partial charge on any atom is -0.350 e. The Morgan fingerprint density at radius 1 is 1.16 bits per heavy atom. The van der Waals surface area contributed by atoms with Crippen molar-refractivity contribution >= 4 is 17.5 Å². The van der Waals surface area contributed by atoms with Crippen molar-refractivity contribution in [1.82, 2.24) is 20.4 Å². The number of amides is 2. The highest BCUT2D eigenvalue weighted by Gasteiger charge is 2.19. The van der Waals surface area contributed by atoms with Gasteiger partial charge in [0, 0.05) is 37.0 Å². The predicted molar refractivity (Wildman–Crippen MR) is 96.8 cm³/mol. The summed E-state index contributed by atoms with van der Waals surface area (Å²) in [5, 5.41) is 12.8. The van der Waals surface area contributed by atoms with E-state index >= 15 is 0 Å². The third-order valence-electron chi connectivity index (χ3n) is 3.82. The molecule has 0 radical (unpaired) electrons. The molecule has 3 N–H and O–H groups in total. The summed E-state index contributed by atoms with van der Waals surface area (Å²) in [7, 11) is 3.55. The zero-order chi connectivity index (χ0) is 18.4. The van der Waals surface area contributed by atoms with Crippen LogP contribution in [0.15, 0.2) is 36.7 Å². The number of nitrogens with zero attached hydrogens (tertiary/aromatic N) is 2. The topological polar surface area (TPSA) is 88.1 Å². The minimum atomic E-state index is -0.446. The number of likely N-dealkylation sites (N-methyl/N-ethyl adjacent to an activating group) is 1. The van der Waals surface area contributed by atoms with E-state index in [1.165, 1.54) is 0 Å². The zero-order valence-corrected chi connectivity index (χ0v) is 15.0. The fourth-order valence-corrected chi connectivity index (χ4v) is 2.32. The van der Waals surface area contributed by atoms with E-state index in [0.717, 1.165) is 16.8 Å². The maximum absolute atomic E-state index is 12.4. The van der Waals surface area contributed by atoms with E-state index < -0.39 is 6.04 Å². The smallest absolute Gasteiger partial charge is 0.242 e. The van der Waals surface area contributed by atoms with Crippen LogP contribution in [0.4, 0.5) is 5.69 Å². The first kappa shape index (κ1) is 18.7. The van der Waals surface area contributed by atoms with Crippen molar-refractivity contribution in [3.8, 4) is 0 Å². The standard InChI is InChI=1S/C18H25N5O2/c1-12(2)17(24)22-15-7-5-13(6-8-15)9-20-18(25)16(19-3)14-10-21-23(4)11-14/h5-8,10-12,16,19H,9H2,1-4H3,(H,20,25)(H,22,24). The molecule has 1 aromatic heterocycles. The van der Waals surface area contributed by atoms with Crippen molar-refractivity contribution in [3.05, 3.63) is 47.8 Å². The monoisotopic (exact) mass is 343 g/mol. The summed E-state index contributed by atoms with van der Waals surface area (Å²) in [6.07, 6.45) is 3.49. The van der Waals surface area contributed by atoms with Crippen LogP contribution >= 0.6 is 0 Å². The predicted octanol–water partition coefficient (Wildman–Crippen LogP) is 1.59. The number of anilines is 1. The third-order valence-corrected chi connectivity index (χ3v) is 3.82. The van der Waals surface area contributed by atoms with Crippen LogP contribution in [0.2, 0.25) is 0 Å². The van der Waals surface area contributed by atoms with Crippen molar-refractivity contribution < 1.29 is 9.59 Å². The molecule has 1 unspecified atom stereocenters. The van der Waals surface area contributed by atoms with Gasteiger partial charge < -0.3 is 16.0 Å². The molecule has 7 heteroatoms. The first-order valence-electron chi connectivity index (χ1n) is 8.24. The van der Waals surface area contributed by atoms with E-state index in [-0.39, 0.29) is 17.7 Å². The lowest BCUT2D eigenvalue weighted by molar-refractivity contribution is -0.123. The summed E-state index contributed by atoms with van der Waals surface area (Å²) >= 11 is 0. The third kappa shape index (κ3) is 5.15. The van der Waals surface area contributed by atoms with E-state index in [2.05, 4.69) is 21.0 Å². The molecule has 0 bridgehead atoms. The van der Waals surface area contributed by atoms with Crippen LogP contribution in [-0.4, -0.2) is 28.6 Å². The van der Waals surface area contributed by atoms with Gasteiger partial charge in [0.25, 0.3) is 0 Å². The van der Waals surface area contributed by atoms with E-state index in [1.54, 1.807) is 17.9 Å². The normalized spacial score (nSPS) is 12.0. The molecule has 0 aliphatic heterocycles. The second-order valence-corrected chi connectivity index (χ2v) is 6.23. The Labute approximate surface area is 147 Å². The van der Waals surface area contributed by atoms with Gasteiger partial charge in [-0.25, -0.2) is 0 Å². The van der Waals surface area contributed by atoms with Crippen molar-refractivity contribution in [2.75, 3.05) is 12.4 Å². The van der Waals surface area contributed by atoms with Gasteiger partial charge in [0.1, 0.15) is 6.04 Å². The Morgan fingerprint density at radius 3 is 2.36 bits per heavy atom. The summed E-state index contributed by atoms with van der Waals surface area (Å²) in [5.41, 5.74) is 2.52. The number of hydrogen-bond acceptors (Lipinski definition) is 4. The van der Waals surface area contributed by atoms with Gasteiger partial charge in [-0.1, -0.05) is 26.0 Å². The molecule has 134 valence electrons. The zero-order valence-electron chi connectivity index (χ0n) is 15.0. The second kappa shape index (κ2) is 8.43. The fraction of sp³-hybridized carbons (Fsp3) is 0.389. The molecule has 2 amide bonds. The fourth-order valence-electron chi connectivity index (χ4n) is 2.32. The van der Waals surface area contributed by atoms with Gasteiger partial charge in [-0.3, -0.25) is 14.3 Å². The number of carbonyl (C=O) groups excluding carboxylic acids is 2. The van der Waals surface area contributed by atoms with Crippen LogP contribution in [0.3, 0.4) is 0 Å². The highest BCUT2D eigenvalue weighted by atomic mass is 16.2. The van der Waals surface area contributed by atoms with Gasteiger partial charge in [-0.2, -0.15) is 5.10 Å². The molecule has 1 heterocycles. The number of nitrogens with one attached hydrogen (secondary N) is 3. The molecule has 2 rings (SSSR count). The van der Waals surface area contributed by atoms with Crippen LogP contribution in [0, 0.1) is 5.92 Å². The Bertz CT molecular complexity index is 721. The molecule has 1 atom stereocenters. The Morgan fingerprint density at radius 2 is 1.84 bits per heavy atom. The maximum Gasteiger partial charge on any atom is 0.242 e. The van der Waals surface area contributed by atoms with Gasteiger partial charge >= 0.3 is 0 Å². The number of rotatable bonds is 7. The summed E-state index contributed by atoms with van der Waals surface area (Å²) in [6, 6.07) is 6.98. The van der Waals surface area contributed by atoms with Crippen molar-refractivity contribution in [1.29, 1.82) is 0 Å². The summed E-state index contributed by atoms with van der Waals surface area (Å²) < 4.78 is 1.66. The van der Waals surface area contributed by atoms with Crippen molar-refractivity contribution in [2.45, 2.75) is 26.4 Å². The Balaban J connectivity index is 1.91. The lowest BCUT2D eigenvalue weighted by Gasteiger charge is -2.15. The maximum atomic E-state index is 12.4. The van der Waals surface area contributed by atoms with E-state index in [1.807, 2.05) is 51.4 Å². The quantitative estimate of drug-likeness (QED) is 0.712. The highest BCUT2D eigenvalue weighted by Crippen LogP contribution is 2.13. The Kier molecular flexibility index (Phi) is 6.30. The molecule has 0 saturated heterocycles. The van der Waals surface area contributed by atoms with Crippen LogP contribution in [0.5, 0.6) is 0 Å². The summed E-state index contributed by atoms with van der Waals surface area (Å²) in [6.45, 7) is 4.11. The second-order valence-electron chi connectivity index (χ2n) is 6.23. The van der Waals surface area contributed by atoms with Gasteiger partial charge in [0.15, 0.2) is 0 Å². The molecule has 0 spiro atoms. The summed E-state index contributed by atoms with van der Waals surface area (Å²) in [5.74, 6) is -0.202. The molecule has 0 aliphatic rings. The largest absolute Gasteiger partial charge is 0.350 e. The average Bonchev–Trinajstić information content (AvgIpc) is 3.01. The minimum absolute atomic E-state index is 0.0191. The van der Waals surface area contributed by atoms with E-state index in [0.29, 0.717) is 6.54 Å². The SMILES string of the molecule is CNC(C(=O)NCc1ccc(NC(=O)C(C)C)cc1)c1cnn(C)c1. The van der Waals surface area contributed by atoms with Gasteiger partial charge in [-0.15, -0.1) is 0 Å². The van der Waals surface area contributed by atoms with Crippen LogP contribution in [0.1, 0.15) is 31.0 Å². The molecule has 1 aromatic carbocycles. The van der Waals surface area contributed by atoms with Crippen LogP contribution in [-0.2, 0) is 23.2 Å². The number of carbonyl (C=O) groups is 2. The molecule has 0 fully saturated rings. The lowest BCUT2D eigenvalue weighted by atomic mass is 10.1. The molecule has 25 heavy (non-hydrogen) atoms. The number of aryl methyl sites for hydroxylation is 1. The molecule has 2 aromatic rings. The average molecular weight is 343 g/mol. The van der Waals surface area contributed by atoms with E-state index in [9.17, 15) is 9.59 Å². The number of hydrogen-bond donors (Lipinski definition) is 3. The number of benzene rings is 1. The van der Waals surface area contributed by atoms with Crippen LogP contribution < -0.4 is 16.0 Å². The first-order valence-corrected chi connectivity index (χ1v) is 8.24. The van der Waals surface area contributed by atoms with Gasteiger partial charge in [0.05, 0.1) is 6.20 Å². The molecular weight excluding hydrogens is 318 g/mol. The first-order chi connectivity index (χ1) is 11.9.